The molecule has 2 heterocycles. The number of aryl methyl sites for hydroxylation is 1. The zero-order valence-electron chi connectivity index (χ0n) is 13.5. The molecular formula is C16H21N5O2. The summed E-state index contributed by atoms with van der Waals surface area (Å²) < 4.78 is 0. The van der Waals surface area contributed by atoms with Gasteiger partial charge in [0.15, 0.2) is 12.0 Å². The Bertz CT molecular complexity index is 672. The third-order valence-corrected chi connectivity index (χ3v) is 4.16. The van der Waals surface area contributed by atoms with Crippen LogP contribution in [0.3, 0.4) is 0 Å². The molecule has 3 rings (SSSR count). The van der Waals surface area contributed by atoms with Gasteiger partial charge in [-0.1, -0.05) is 29.8 Å². The number of hydrogen-bond acceptors (Lipinski definition) is 3. The number of rotatable bonds is 3. The average Bonchev–Trinajstić information content (AvgIpc) is 2.85. The molecule has 2 atom stereocenters. The van der Waals surface area contributed by atoms with Crippen molar-refractivity contribution in [1.29, 1.82) is 0 Å². The van der Waals surface area contributed by atoms with Crippen LogP contribution in [-0.4, -0.2) is 53.5 Å². The molecule has 1 aromatic rings. The minimum Gasteiger partial charge on any atom is -0.333 e. The minimum atomic E-state index is -0.483. The molecule has 2 saturated heterocycles. The standard InChI is InChI=1S/C16H21N5O2/c1-4-17-15-18-13-12(14(22)19-16(23)20(13)3)21(15)9-11-7-5-6-10(2)8-11/h5-8,12-13H,4,9H2,1-3H3,(H,17,18)(H,19,22,23). The lowest BCUT2D eigenvalue weighted by Gasteiger charge is -2.35. The lowest BCUT2D eigenvalue weighted by molar-refractivity contribution is -0.127. The minimum absolute atomic E-state index is 0.292. The molecule has 2 aliphatic heterocycles. The van der Waals surface area contributed by atoms with Gasteiger partial charge >= 0.3 is 6.03 Å². The van der Waals surface area contributed by atoms with Crippen LogP contribution < -0.4 is 10.6 Å². The fourth-order valence-corrected chi connectivity index (χ4v) is 3.05. The van der Waals surface area contributed by atoms with Crippen molar-refractivity contribution in [1.82, 2.24) is 20.4 Å². The van der Waals surface area contributed by atoms with Gasteiger partial charge in [-0.15, -0.1) is 0 Å². The number of benzene rings is 1. The first kappa shape index (κ1) is 15.3. The number of urea groups is 1. The van der Waals surface area contributed by atoms with Crippen LogP contribution in [-0.2, 0) is 11.3 Å². The van der Waals surface area contributed by atoms with Crippen LogP contribution in [0.15, 0.2) is 29.3 Å². The summed E-state index contributed by atoms with van der Waals surface area (Å²) >= 11 is 0. The molecule has 23 heavy (non-hydrogen) atoms. The van der Waals surface area contributed by atoms with E-state index in [0.717, 1.165) is 5.56 Å². The first-order valence-corrected chi connectivity index (χ1v) is 7.72. The number of nitrogens with one attached hydrogen (secondary N) is 2. The Balaban J connectivity index is 1.93. The van der Waals surface area contributed by atoms with Crippen LogP contribution in [0.25, 0.3) is 0 Å². The molecule has 2 aliphatic rings. The zero-order chi connectivity index (χ0) is 16.6. The van der Waals surface area contributed by atoms with E-state index >= 15 is 0 Å². The SMILES string of the molecule is CCN=C1NC2C(C(=O)NC(=O)N2C)N1Cc1cccc(C)c1. The van der Waals surface area contributed by atoms with Crippen molar-refractivity contribution >= 4 is 17.9 Å². The van der Waals surface area contributed by atoms with E-state index in [1.165, 1.54) is 10.5 Å². The van der Waals surface area contributed by atoms with Gasteiger partial charge < -0.3 is 15.1 Å². The summed E-state index contributed by atoms with van der Waals surface area (Å²) in [6, 6.07) is 7.28. The zero-order valence-corrected chi connectivity index (χ0v) is 13.5. The molecule has 1 aromatic carbocycles. The van der Waals surface area contributed by atoms with Crippen LogP contribution in [0, 0.1) is 6.92 Å². The van der Waals surface area contributed by atoms with Crippen molar-refractivity contribution in [2.24, 2.45) is 4.99 Å². The molecule has 2 fully saturated rings. The normalized spacial score (nSPS) is 25.4. The topological polar surface area (TPSA) is 77.0 Å². The second-order valence-electron chi connectivity index (χ2n) is 5.85. The fraction of sp³-hybridized carbons (Fsp3) is 0.438. The molecule has 0 spiro atoms. The summed E-state index contributed by atoms with van der Waals surface area (Å²) in [7, 11) is 1.67. The van der Waals surface area contributed by atoms with Gasteiger partial charge in [-0.3, -0.25) is 15.1 Å². The number of amides is 3. The van der Waals surface area contributed by atoms with Crippen molar-refractivity contribution in [3.8, 4) is 0 Å². The summed E-state index contributed by atoms with van der Waals surface area (Å²) in [4.78, 5) is 32.1. The van der Waals surface area contributed by atoms with Crippen LogP contribution in [0.5, 0.6) is 0 Å². The lowest BCUT2D eigenvalue weighted by atomic mass is 10.1. The fourth-order valence-electron chi connectivity index (χ4n) is 3.05. The van der Waals surface area contributed by atoms with Gasteiger partial charge in [0.05, 0.1) is 0 Å². The van der Waals surface area contributed by atoms with Crippen LogP contribution in [0.2, 0.25) is 0 Å². The second kappa shape index (κ2) is 5.91. The first-order chi connectivity index (χ1) is 11.0. The predicted molar refractivity (Wildman–Crippen MR) is 86.7 cm³/mol. The molecule has 3 amide bonds. The highest BCUT2D eigenvalue weighted by atomic mass is 16.2. The van der Waals surface area contributed by atoms with Gasteiger partial charge in [0.25, 0.3) is 5.91 Å². The number of carbonyl (C=O) groups is 2. The molecule has 2 N–H and O–H groups in total. The molecule has 0 saturated carbocycles. The number of fused-ring (bicyclic) bond motifs is 1. The number of nitrogens with zero attached hydrogens (tertiary/aromatic N) is 3. The lowest BCUT2D eigenvalue weighted by Crippen LogP contribution is -2.64. The van der Waals surface area contributed by atoms with E-state index in [-0.39, 0.29) is 5.91 Å². The molecule has 7 nitrogen and oxygen atoms in total. The molecule has 2 unspecified atom stereocenters. The maximum atomic E-state index is 12.4. The van der Waals surface area contributed by atoms with E-state index in [1.54, 1.807) is 7.05 Å². The molecule has 0 bridgehead atoms. The summed E-state index contributed by atoms with van der Waals surface area (Å²) in [6.07, 6.45) is -0.397. The molecule has 122 valence electrons. The van der Waals surface area contributed by atoms with Crippen molar-refractivity contribution in [2.75, 3.05) is 13.6 Å². The Morgan fingerprint density at radius 1 is 1.30 bits per heavy atom. The van der Waals surface area contributed by atoms with Crippen LogP contribution in [0.4, 0.5) is 4.79 Å². The van der Waals surface area contributed by atoms with Gasteiger partial charge in [0.2, 0.25) is 0 Å². The monoisotopic (exact) mass is 315 g/mol. The summed E-state index contributed by atoms with van der Waals surface area (Å²) in [5.41, 5.74) is 2.27. The van der Waals surface area contributed by atoms with Gasteiger partial charge in [-0.05, 0) is 19.4 Å². The Hall–Kier alpha value is -2.57. The predicted octanol–water partition coefficient (Wildman–Crippen LogP) is 0.652. The first-order valence-electron chi connectivity index (χ1n) is 7.72. The number of aliphatic imine (C=N–C) groups is 1. The largest absolute Gasteiger partial charge is 0.333 e. The van der Waals surface area contributed by atoms with Crippen LogP contribution in [0.1, 0.15) is 18.1 Å². The van der Waals surface area contributed by atoms with E-state index in [9.17, 15) is 9.59 Å². The smallest absolute Gasteiger partial charge is 0.325 e. The highest BCUT2D eigenvalue weighted by Gasteiger charge is 2.49. The van der Waals surface area contributed by atoms with E-state index in [1.807, 2.05) is 36.9 Å². The number of guanidine groups is 1. The average molecular weight is 315 g/mol. The van der Waals surface area contributed by atoms with Crippen molar-refractivity contribution < 1.29 is 9.59 Å². The van der Waals surface area contributed by atoms with E-state index in [0.29, 0.717) is 19.0 Å². The van der Waals surface area contributed by atoms with Crippen molar-refractivity contribution in [3.05, 3.63) is 35.4 Å². The van der Waals surface area contributed by atoms with Crippen molar-refractivity contribution in [3.63, 3.8) is 0 Å². The van der Waals surface area contributed by atoms with Gasteiger partial charge in [-0.25, -0.2) is 4.79 Å². The van der Waals surface area contributed by atoms with E-state index in [2.05, 4.69) is 21.7 Å². The molecule has 0 aliphatic carbocycles. The number of carbonyl (C=O) groups excluding carboxylic acids is 2. The Morgan fingerprint density at radius 2 is 2.09 bits per heavy atom. The summed E-state index contributed by atoms with van der Waals surface area (Å²) in [5.74, 6) is 0.361. The Kier molecular flexibility index (Phi) is 3.94. The van der Waals surface area contributed by atoms with E-state index < -0.39 is 18.2 Å². The molecule has 0 aromatic heterocycles. The highest BCUT2D eigenvalue weighted by molar-refractivity contribution is 6.04. The molecule has 0 radical (unpaired) electrons. The number of hydrogen-bond donors (Lipinski definition) is 2. The summed E-state index contributed by atoms with van der Waals surface area (Å²) in [6.45, 7) is 5.14. The summed E-state index contributed by atoms with van der Waals surface area (Å²) in [5, 5.41) is 5.61. The van der Waals surface area contributed by atoms with E-state index in [4.69, 9.17) is 0 Å². The van der Waals surface area contributed by atoms with Gasteiger partial charge in [-0.2, -0.15) is 0 Å². The number of likely N-dealkylation sites (N-methyl/N-ethyl adjacent to an activating group) is 1. The second-order valence-corrected chi connectivity index (χ2v) is 5.85. The van der Waals surface area contributed by atoms with Crippen molar-refractivity contribution in [2.45, 2.75) is 32.6 Å². The van der Waals surface area contributed by atoms with Gasteiger partial charge in [0.1, 0.15) is 6.17 Å². The maximum Gasteiger partial charge on any atom is 0.325 e. The Labute approximate surface area is 135 Å². The molecule has 7 heteroatoms. The van der Waals surface area contributed by atoms with Crippen LogP contribution >= 0.6 is 0 Å². The molecular weight excluding hydrogens is 294 g/mol. The number of imide groups is 1. The maximum absolute atomic E-state index is 12.4. The Morgan fingerprint density at radius 3 is 2.78 bits per heavy atom. The highest BCUT2D eigenvalue weighted by Crippen LogP contribution is 2.23. The third kappa shape index (κ3) is 2.74. The third-order valence-electron chi connectivity index (χ3n) is 4.16. The quantitative estimate of drug-likeness (QED) is 0.859. The van der Waals surface area contributed by atoms with Gasteiger partial charge in [0, 0.05) is 20.1 Å².